The molecule has 4 heteroatoms. The Morgan fingerprint density at radius 3 is 2.11 bits per heavy atom. The van der Waals surface area contributed by atoms with E-state index in [1.165, 1.54) is 0 Å². The number of para-hydroxylation sites is 1. The molecule has 2 aromatic rings. The lowest BCUT2D eigenvalue weighted by Crippen LogP contribution is -2.75. The van der Waals surface area contributed by atoms with Gasteiger partial charge in [0.15, 0.2) is 4.95 Å². The Labute approximate surface area is 120 Å². The lowest BCUT2D eigenvalue weighted by atomic mass is 9.85. The molecule has 0 spiro atoms. The third kappa shape index (κ3) is 1.83. The first-order chi connectivity index (χ1) is 9.07. The molecule has 0 aliphatic carbocycles. The Balaban J connectivity index is 1.93. The van der Waals surface area contributed by atoms with Gasteiger partial charge in [0.05, 0.1) is 0 Å². The van der Waals surface area contributed by atoms with E-state index in [0.29, 0.717) is 5.69 Å². The summed E-state index contributed by atoms with van der Waals surface area (Å²) < 4.78 is -0.549. The molecule has 1 saturated heterocycles. The van der Waals surface area contributed by atoms with Crippen molar-refractivity contribution >= 4 is 21.6 Å². The highest BCUT2D eigenvalue weighted by Gasteiger charge is 2.61. The van der Waals surface area contributed by atoms with E-state index in [2.05, 4.69) is 15.9 Å². The monoisotopic (exact) mass is 319 g/mol. The Morgan fingerprint density at radius 2 is 1.58 bits per heavy atom. The number of quaternary nitrogens is 1. The second kappa shape index (κ2) is 4.42. The number of alkyl halides is 1. The van der Waals surface area contributed by atoms with E-state index in [0.717, 1.165) is 5.56 Å². The van der Waals surface area contributed by atoms with Gasteiger partial charge in [-0.25, -0.2) is 0 Å². The number of rotatable bonds is 2. The summed E-state index contributed by atoms with van der Waals surface area (Å²) in [5.41, 5.74) is 0.321. The van der Waals surface area contributed by atoms with Crippen molar-refractivity contribution in [1.82, 2.24) is 4.65 Å². The van der Waals surface area contributed by atoms with Crippen LogP contribution in [0.25, 0.3) is 0 Å². The molecule has 1 aliphatic heterocycles. The number of halogens is 1. The summed E-state index contributed by atoms with van der Waals surface area (Å²) in [6.45, 7) is 0.122. The molecular formula is C15H14BrNO2. The molecule has 3 atom stereocenters. The van der Waals surface area contributed by atoms with Crippen molar-refractivity contribution < 1.29 is 5.11 Å². The highest BCUT2D eigenvalue weighted by Crippen LogP contribution is 2.49. The molecule has 19 heavy (non-hydrogen) atoms. The van der Waals surface area contributed by atoms with Crippen molar-refractivity contribution in [2.45, 2.75) is 10.6 Å². The van der Waals surface area contributed by atoms with Crippen molar-refractivity contribution in [1.29, 1.82) is 0 Å². The minimum Gasteiger partial charge on any atom is -0.626 e. The summed E-state index contributed by atoms with van der Waals surface area (Å²) in [4.78, 5) is -0.593. The van der Waals surface area contributed by atoms with Gasteiger partial charge in [-0.1, -0.05) is 48.5 Å². The third-order valence-corrected chi connectivity index (χ3v) is 5.12. The van der Waals surface area contributed by atoms with Crippen LogP contribution in [-0.2, 0) is 5.60 Å². The van der Waals surface area contributed by atoms with E-state index < -0.39 is 15.2 Å². The minimum absolute atomic E-state index is 0.122. The van der Waals surface area contributed by atoms with Crippen LogP contribution in [0.1, 0.15) is 5.56 Å². The van der Waals surface area contributed by atoms with Crippen LogP contribution >= 0.6 is 15.9 Å². The quantitative estimate of drug-likeness (QED) is 0.400. The number of hydroxylamine groups is 2. The van der Waals surface area contributed by atoms with Crippen LogP contribution in [0.2, 0.25) is 0 Å². The van der Waals surface area contributed by atoms with E-state index in [1.807, 2.05) is 48.5 Å². The van der Waals surface area contributed by atoms with E-state index in [4.69, 9.17) is 0 Å². The average Bonchev–Trinajstić information content (AvgIpc) is 2.48. The predicted molar refractivity (Wildman–Crippen MR) is 79.5 cm³/mol. The van der Waals surface area contributed by atoms with Crippen LogP contribution in [0.5, 0.6) is 0 Å². The van der Waals surface area contributed by atoms with Gasteiger partial charge in [0, 0.05) is 0 Å². The second-order valence-corrected chi connectivity index (χ2v) is 5.78. The van der Waals surface area contributed by atoms with Crippen LogP contribution in [0.3, 0.4) is 0 Å². The van der Waals surface area contributed by atoms with Crippen LogP contribution in [-0.4, -0.2) is 16.6 Å². The second-order valence-electron chi connectivity index (χ2n) is 4.92. The highest BCUT2D eigenvalue weighted by atomic mass is 79.9. The smallest absolute Gasteiger partial charge is 0.203 e. The van der Waals surface area contributed by atoms with Gasteiger partial charge < -0.3 is 15.0 Å². The molecular weight excluding hydrogens is 306 g/mol. The first-order valence-corrected chi connectivity index (χ1v) is 7.05. The highest BCUT2D eigenvalue weighted by molar-refractivity contribution is 9.09. The first kappa shape index (κ1) is 12.8. The van der Waals surface area contributed by atoms with Gasteiger partial charge in [-0.15, -0.1) is 0 Å². The molecule has 0 bridgehead atoms. The molecule has 3 unspecified atom stereocenters. The Hall–Kier alpha value is -1.20. The summed E-state index contributed by atoms with van der Waals surface area (Å²) in [5, 5.41) is 23.5. The lowest BCUT2D eigenvalue weighted by Gasteiger charge is -2.61. The molecule has 3 rings (SSSR count). The number of aliphatic hydroxyl groups is 1. The molecule has 0 amide bonds. The fourth-order valence-electron chi connectivity index (χ4n) is 2.60. The molecule has 1 heterocycles. The van der Waals surface area contributed by atoms with Gasteiger partial charge in [-0.2, -0.15) is 0 Å². The topological polar surface area (TPSA) is 43.3 Å². The summed E-state index contributed by atoms with van der Waals surface area (Å²) in [6.07, 6.45) is 0. The van der Waals surface area contributed by atoms with Crippen LogP contribution < -0.4 is 4.65 Å². The zero-order valence-electron chi connectivity index (χ0n) is 10.2. The summed E-state index contributed by atoms with van der Waals surface area (Å²) in [6, 6.07) is 18.5. The van der Waals surface area contributed by atoms with E-state index >= 15 is 0 Å². The molecule has 3 nitrogen and oxygen atoms in total. The Kier molecular flexibility index (Phi) is 2.98. The van der Waals surface area contributed by atoms with Gasteiger partial charge >= 0.3 is 0 Å². The molecule has 0 saturated carbocycles. The van der Waals surface area contributed by atoms with Crippen molar-refractivity contribution in [3.63, 3.8) is 0 Å². The summed E-state index contributed by atoms with van der Waals surface area (Å²) in [5.74, 6) is 0. The van der Waals surface area contributed by atoms with Gasteiger partial charge in [-0.05, 0) is 33.6 Å². The maximum Gasteiger partial charge on any atom is 0.203 e. The van der Waals surface area contributed by atoms with Gasteiger partial charge in [0.1, 0.15) is 12.2 Å². The fourth-order valence-corrected chi connectivity index (χ4v) is 3.39. The molecule has 0 aromatic heterocycles. The first-order valence-electron chi connectivity index (χ1n) is 6.14. The standard InChI is InChI=1S/C15H14BrNO2/c16-14-15(18,12-7-3-1-4-8-12)11-17(14,19)13-9-5-2-6-10-13/h1-10,14,18H,11H2. The van der Waals surface area contributed by atoms with Crippen molar-refractivity contribution in [2.75, 3.05) is 6.54 Å². The molecule has 1 fully saturated rings. The largest absolute Gasteiger partial charge is 0.626 e. The SMILES string of the molecule is [O-][N+]1(c2ccccc2)CC(O)(c2ccccc2)C1Br. The number of hydrogen-bond acceptors (Lipinski definition) is 2. The molecule has 1 aliphatic rings. The molecule has 0 radical (unpaired) electrons. The molecule has 98 valence electrons. The van der Waals surface area contributed by atoms with Crippen molar-refractivity contribution in [3.8, 4) is 0 Å². The predicted octanol–water partition coefficient (Wildman–Crippen LogP) is 3.11. The maximum atomic E-state index is 12.8. The number of benzene rings is 2. The van der Waals surface area contributed by atoms with Gasteiger partial charge in [-0.3, -0.25) is 0 Å². The van der Waals surface area contributed by atoms with Crippen LogP contribution in [0.15, 0.2) is 60.7 Å². The van der Waals surface area contributed by atoms with Crippen LogP contribution in [0.4, 0.5) is 5.69 Å². The van der Waals surface area contributed by atoms with E-state index in [1.54, 1.807) is 12.1 Å². The molecule has 1 N–H and O–H groups in total. The zero-order valence-corrected chi connectivity index (χ0v) is 11.8. The van der Waals surface area contributed by atoms with Gasteiger partial charge in [0.2, 0.25) is 5.60 Å². The van der Waals surface area contributed by atoms with Crippen LogP contribution in [0, 0.1) is 5.21 Å². The zero-order chi connectivity index (χ0) is 13.5. The number of hydrogen-bond donors (Lipinski definition) is 1. The average molecular weight is 320 g/mol. The third-order valence-electron chi connectivity index (χ3n) is 3.70. The number of nitrogens with zero attached hydrogens (tertiary/aromatic N) is 1. The Bertz CT molecular complexity index is 526. The molecule has 2 aromatic carbocycles. The normalized spacial score (nSPS) is 33.7. The minimum atomic E-state index is -1.11. The lowest BCUT2D eigenvalue weighted by molar-refractivity contribution is -0.0916. The summed E-state index contributed by atoms with van der Waals surface area (Å²) >= 11 is 3.39. The van der Waals surface area contributed by atoms with Gasteiger partial charge in [0.25, 0.3) is 0 Å². The fraction of sp³-hybridized carbons (Fsp3) is 0.200. The summed E-state index contributed by atoms with van der Waals surface area (Å²) in [7, 11) is 0. The maximum absolute atomic E-state index is 12.8. The Morgan fingerprint density at radius 1 is 1.05 bits per heavy atom. The van der Waals surface area contributed by atoms with Crippen molar-refractivity contribution in [3.05, 3.63) is 71.4 Å². The van der Waals surface area contributed by atoms with E-state index in [9.17, 15) is 10.3 Å². The van der Waals surface area contributed by atoms with Crippen molar-refractivity contribution in [2.24, 2.45) is 0 Å². The van der Waals surface area contributed by atoms with E-state index in [-0.39, 0.29) is 6.54 Å².